The van der Waals surface area contributed by atoms with Gasteiger partial charge in [-0.2, -0.15) is 4.31 Å². The maximum Gasteiger partial charge on any atom is 0.253 e. The van der Waals surface area contributed by atoms with Crippen LogP contribution in [0.4, 0.5) is 0 Å². The fourth-order valence-electron chi connectivity index (χ4n) is 4.72. The van der Waals surface area contributed by atoms with Gasteiger partial charge in [0.25, 0.3) is 5.91 Å². The number of piperidine rings is 2. The second-order valence-electron chi connectivity index (χ2n) is 9.12. The van der Waals surface area contributed by atoms with Crippen molar-refractivity contribution in [3.8, 4) is 5.75 Å². The molecule has 0 N–H and O–H groups in total. The van der Waals surface area contributed by atoms with E-state index in [1.165, 1.54) is 13.2 Å². The van der Waals surface area contributed by atoms with E-state index in [1.54, 1.807) is 16.4 Å². The summed E-state index contributed by atoms with van der Waals surface area (Å²) in [5, 5.41) is 0. The van der Waals surface area contributed by atoms with Gasteiger partial charge in [0.1, 0.15) is 10.6 Å². The number of sulfonamides is 1. The zero-order valence-corrected chi connectivity index (χ0v) is 19.6. The number of rotatable bonds is 5. The molecule has 0 aliphatic carbocycles. The fraction of sp³-hybridized carbons (Fsp3) is 0.682. The molecule has 2 fully saturated rings. The van der Waals surface area contributed by atoms with Crippen LogP contribution in [-0.4, -0.2) is 81.9 Å². The van der Waals surface area contributed by atoms with Crippen LogP contribution in [0, 0.1) is 11.8 Å². The van der Waals surface area contributed by atoms with Crippen molar-refractivity contribution < 1.29 is 17.9 Å². The maximum atomic E-state index is 13.4. The molecule has 2 heterocycles. The molecule has 7 nitrogen and oxygen atoms in total. The van der Waals surface area contributed by atoms with E-state index in [4.69, 9.17) is 4.74 Å². The Morgan fingerprint density at radius 2 is 1.70 bits per heavy atom. The Balaban J connectivity index is 1.86. The lowest BCUT2D eigenvalue weighted by Gasteiger charge is -2.35. The summed E-state index contributed by atoms with van der Waals surface area (Å²) in [6.45, 7) is 6.49. The molecule has 1 aromatic carbocycles. The Morgan fingerprint density at radius 3 is 2.23 bits per heavy atom. The van der Waals surface area contributed by atoms with Crippen LogP contribution < -0.4 is 4.74 Å². The minimum atomic E-state index is -3.75. The van der Waals surface area contributed by atoms with Crippen LogP contribution in [0.15, 0.2) is 23.1 Å². The summed E-state index contributed by atoms with van der Waals surface area (Å²) < 4.78 is 33.8. The largest absolute Gasteiger partial charge is 0.495 e. The van der Waals surface area contributed by atoms with Gasteiger partial charge in [-0.15, -0.1) is 0 Å². The molecule has 1 amide bonds. The molecule has 2 aliphatic rings. The van der Waals surface area contributed by atoms with Crippen molar-refractivity contribution in [1.82, 2.24) is 14.1 Å². The molecule has 0 bridgehead atoms. The van der Waals surface area contributed by atoms with Crippen molar-refractivity contribution in [2.75, 3.05) is 47.4 Å². The van der Waals surface area contributed by atoms with Gasteiger partial charge in [-0.3, -0.25) is 4.79 Å². The third-order valence-corrected chi connectivity index (χ3v) is 8.20. The first kappa shape index (κ1) is 23.0. The van der Waals surface area contributed by atoms with Crippen LogP contribution in [0.25, 0.3) is 0 Å². The molecular weight excluding hydrogens is 402 g/mol. The second kappa shape index (κ2) is 9.24. The molecule has 3 rings (SSSR count). The minimum absolute atomic E-state index is 0.0836. The molecule has 0 spiro atoms. The van der Waals surface area contributed by atoms with Gasteiger partial charge in [-0.1, -0.05) is 13.8 Å². The molecule has 2 atom stereocenters. The molecule has 30 heavy (non-hydrogen) atoms. The highest BCUT2D eigenvalue weighted by molar-refractivity contribution is 7.89. The highest BCUT2D eigenvalue weighted by Crippen LogP contribution is 2.32. The number of methoxy groups -OCH3 is 1. The summed E-state index contributed by atoms with van der Waals surface area (Å²) in [4.78, 5) is 17.2. The van der Waals surface area contributed by atoms with E-state index in [1.807, 2.05) is 4.90 Å². The van der Waals surface area contributed by atoms with E-state index in [-0.39, 0.29) is 16.6 Å². The lowest BCUT2D eigenvalue weighted by Crippen LogP contribution is -2.44. The van der Waals surface area contributed by atoms with Crippen molar-refractivity contribution in [2.45, 2.75) is 44.0 Å². The standard InChI is InChI=1S/C22H35N3O4S/c1-16-12-17(2)15-25(14-16)30(27,28)21-13-18(6-7-20(21)29-5)22(26)24-10-8-19(9-11-24)23(3)4/h6-7,13,16-17,19H,8-12,14-15H2,1-5H3. The van der Waals surface area contributed by atoms with Crippen molar-refractivity contribution in [2.24, 2.45) is 11.8 Å². The van der Waals surface area contributed by atoms with Gasteiger partial charge in [0.15, 0.2) is 0 Å². The average molecular weight is 438 g/mol. The first-order valence-electron chi connectivity index (χ1n) is 10.8. The number of nitrogens with zero attached hydrogens (tertiary/aromatic N) is 3. The van der Waals surface area contributed by atoms with Crippen LogP contribution >= 0.6 is 0 Å². The SMILES string of the molecule is COc1ccc(C(=O)N2CCC(N(C)C)CC2)cc1S(=O)(=O)N1CC(C)CC(C)C1. The zero-order chi connectivity index (χ0) is 22.1. The summed E-state index contributed by atoms with van der Waals surface area (Å²) in [7, 11) is 1.84. The number of likely N-dealkylation sites (tertiary alicyclic amines) is 1. The predicted molar refractivity (Wildman–Crippen MR) is 117 cm³/mol. The average Bonchev–Trinajstić information content (AvgIpc) is 2.72. The van der Waals surface area contributed by atoms with E-state index in [9.17, 15) is 13.2 Å². The van der Waals surface area contributed by atoms with Crippen LogP contribution in [0.2, 0.25) is 0 Å². The van der Waals surface area contributed by atoms with E-state index < -0.39 is 10.0 Å². The Labute approximate surface area is 181 Å². The molecule has 0 aromatic heterocycles. The minimum Gasteiger partial charge on any atom is -0.495 e. The van der Waals surface area contributed by atoms with Gasteiger partial charge >= 0.3 is 0 Å². The molecule has 1 aromatic rings. The van der Waals surface area contributed by atoms with Gasteiger partial charge < -0.3 is 14.5 Å². The quantitative estimate of drug-likeness (QED) is 0.708. The van der Waals surface area contributed by atoms with E-state index in [0.29, 0.717) is 49.6 Å². The number of hydrogen-bond donors (Lipinski definition) is 0. The number of hydrogen-bond acceptors (Lipinski definition) is 5. The number of carbonyl (C=O) groups is 1. The van der Waals surface area contributed by atoms with E-state index in [0.717, 1.165) is 19.3 Å². The fourth-order valence-corrected chi connectivity index (χ4v) is 6.58. The van der Waals surface area contributed by atoms with Gasteiger partial charge in [-0.25, -0.2) is 8.42 Å². The summed E-state index contributed by atoms with van der Waals surface area (Å²) in [5.74, 6) is 0.769. The highest BCUT2D eigenvalue weighted by Gasteiger charge is 2.34. The molecule has 0 radical (unpaired) electrons. The zero-order valence-electron chi connectivity index (χ0n) is 18.8. The van der Waals surface area contributed by atoms with Crippen molar-refractivity contribution >= 4 is 15.9 Å². The maximum absolute atomic E-state index is 13.4. The van der Waals surface area contributed by atoms with Crippen molar-refractivity contribution in [3.05, 3.63) is 23.8 Å². The number of ether oxygens (including phenoxy) is 1. The van der Waals surface area contributed by atoms with Gasteiger partial charge in [0.05, 0.1) is 7.11 Å². The van der Waals surface area contributed by atoms with Crippen LogP contribution in [-0.2, 0) is 10.0 Å². The number of carbonyl (C=O) groups excluding carboxylic acids is 1. The monoisotopic (exact) mass is 437 g/mol. The first-order chi connectivity index (χ1) is 14.1. The third-order valence-electron chi connectivity index (χ3n) is 6.35. The molecule has 2 unspecified atom stereocenters. The van der Waals surface area contributed by atoms with E-state index >= 15 is 0 Å². The van der Waals surface area contributed by atoms with Gasteiger partial charge in [-0.05, 0) is 63.4 Å². The van der Waals surface area contributed by atoms with Crippen molar-refractivity contribution in [3.63, 3.8) is 0 Å². The number of benzene rings is 1. The Kier molecular flexibility index (Phi) is 7.09. The van der Waals surface area contributed by atoms with Crippen molar-refractivity contribution in [1.29, 1.82) is 0 Å². The molecule has 8 heteroatoms. The van der Waals surface area contributed by atoms with Gasteiger partial charge in [0.2, 0.25) is 10.0 Å². The number of amides is 1. The Hall–Kier alpha value is -1.64. The summed E-state index contributed by atoms with van der Waals surface area (Å²) in [5.41, 5.74) is 0.399. The Morgan fingerprint density at radius 1 is 1.10 bits per heavy atom. The molecule has 0 saturated carbocycles. The molecule has 168 valence electrons. The molecule has 2 aliphatic heterocycles. The lowest BCUT2D eigenvalue weighted by molar-refractivity contribution is 0.0663. The summed E-state index contributed by atoms with van der Waals surface area (Å²) >= 11 is 0. The van der Waals surface area contributed by atoms with Crippen LogP contribution in [0.5, 0.6) is 5.75 Å². The van der Waals surface area contributed by atoms with Crippen LogP contribution in [0.3, 0.4) is 0 Å². The van der Waals surface area contributed by atoms with E-state index in [2.05, 4.69) is 32.8 Å². The molecular formula is C22H35N3O4S. The summed E-state index contributed by atoms with van der Waals surface area (Å²) in [6, 6.07) is 5.24. The topological polar surface area (TPSA) is 70.2 Å². The van der Waals surface area contributed by atoms with Gasteiger partial charge in [0, 0.05) is 37.8 Å². The smallest absolute Gasteiger partial charge is 0.253 e. The third kappa shape index (κ3) is 4.81. The normalized spacial score (nSPS) is 24.3. The lowest BCUT2D eigenvalue weighted by atomic mass is 9.94. The summed E-state index contributed by atoms with van der Waals surface area (Å²) in [6.07, 6.45) is 2.86. The second-order valence-corrected chi connectivity index (χ2v) is 11.0. The first-order valence-corrected chi connectivity index (χ1v) is 12.2. The predicted octanol–water partition coefficient (Wildman–Crippen LogP) is 2.53. The molecule has 2 saturated heterocycles. The highest BCUT2D eigenvalue weighted by atomic mass is 32.2. The Bertz CT molecular complexity index is 853. The van der Waals surface area contributed by atoms with Crippen LogP contribution in [0.1, 0.15) is 43.5 Å².